The van der Waals surface area contributed by atoms with Gasteiger partial charge in [0.2, 0.25) is 5.78 Å². The van der Waals surface area contributed by atoms with Gasteiger partial charge in [-0.15, -0.1) is 0 Å². The lowest BCUT2D eigenvalue weighted by Crippen LogP contribution is -2.21. The molecule has 0 saturated heterocycles. The molecule has 0 amide bonds. The van der Waals surface area contributed by atoms with Gasteiger partial charge in [0.1, 0.15) is 5.75 Å². The van der Waals surface area contributed by atoms with E-state index in [9.17, 15) is 9.59 Å². The summed E-state index contributed by atoms with van der Waals surface area (Å²) in [5, 5.41) is 3.05. The molecule has 1 aliphatic rings. The molecule has 0 aliphatic heterocycles. The molecular formula is C23H25NO3. The Balaban J connectivity index is 1.76. The first kappa shape index (κ1) is 18.9. The molecule has 27 heavy (non-hydrogen) atoms. The number of allylic oxidation sites excluding steroid dienone is 2. The second-order valence-corrected chi connectivity index (χ2v) is 7.27. The number of anilines is 1. The van der Waals surface area contributed by atoms with Gasteiger partial charge in [-0.05, 0) is 60.7 Å². The molecule has 1 N–H and O–H groups in total. The van der Waals surface area contributed by atoms with Crippen molar-refractivity contribution in [3.63, 3.8) is 0 Å². The second kappa shape index (κ2) is 8.21. The Kier molecular flexibility index (Phi) is 5.75. The standard InChI is InChI=1S/C23H25NO3/c1-15(2)5-4-6-16-7-12-19-20(13-16)22(25)14-21(23(19)26)24-17-8-10-18(27-3)11-9-17/h7-15,24H,4-6H2,1-3H3. The van der Waals surface area contributed by atoms with Crippen molar-refractivity contribution in [2.24, 2.45) is 5.92 Å². The summed E-state index contributed by atoms with van der Waals surface area (Å²) in [6.45, 7) is 4.41. The molecule has 0 spiro atoms. The number of hydrogen-bond donors (Lipinski definition) is 1. The molecule has 0 bridgehead atoms. The van der Waals surface area contributed by atoms with Crippen molar-refractivity contribution in [2.45, 2.75) is 33.1 Å². The van der Waals surface area contributed by atoms with Crippen LogP contribution in [-0.2, 0) is 6.42 Å². The van der Waals surface area contributed by atoms with E-state index in [4.69, 9.17) is 4.74 Å². The molecule has 0 unspecified atom stereocenters. The Hall–Kier alpha value is -2.88. The zero-order valence-electron chi connectivity index (χ0n) is 16.0. The Morgan fingerprint density at radius 2 is 1.74 bits per heavy atom. The molecule has 0 saturated carbocycles. The zero-order valence-corrected chi connectivity index (χ0v) is 16.0. The lowest BCUT2D eigenvalue weighted by Gasteiger charge is -2.18. The van der Waals surface area contributed by atoms with Gasteiger partial charge in [0.05, 0.1) is 12.8 Å². The molecule has 0 fully saturated rings. The third-order valence-corrected chi connectivity index (χ3v) is 4.73. The fourth-order valence-electron chi connectivity index (χ4n) is 3.21. The van der Waals surface area contributed by atoms with Gasteiger partial charge in [0.25, 0.3) is 0 Å². The van der Waals surface area contributed by atoms with E-state index in [0.29, 0.717) is 22.7 Å². The first-order chi connectivity index (χ1) is 13.0. The van der Waals surface area contributed by atoms with Gasteiger partial charge in [-0.3, -0.25) is 9.59 Å². The number of carbonyl (C=O) groups excluding carboxylic acids is 2. The van der Waals surface area contributed by atoms with Crippen LogP contribution in [0.3, 0.4) is 0 Å². The summed E-state index contributed by atoms with van der Waals surface area (Å²) < 4.78 is 5.13. The van der Waals surface area contributed by atoms with Crippen molar-refractivity contribution in [1.29, 1.82) is 0 Å². The smallest absolute Gasteiger partial charge is 0.210 e. The fourth-order valence-corrected chi connectivity index (χ4v) is 3.21. The van der Waals surface area contributed by atoms with Crippen LogP contribution in [0.15, 0.2) is 54.2 Å². The summed E-state index contributed by atoms with van der Waals surface area (Å²) in [6.07, 6.45) is 4.55. The van der Waals surface area contributed by atoms with E-state index in [1.165, 1.54) is 6.08 Å². The number of aryl methyl sites for hydroxylation is 1. The number of ketones is 2. The maximum Gasteiger partial charge on any atom is 0.210 e. The summed E-state index contributed by atoms with van der Waals surface area (Å²) in [5.41, 5.74) is 3.10. The minimum Gasteiger partial charge on any atom is -0.497 e. The van der Waals surface area contributed by atoms with Crippen molar-refractivity contribution in [3.8, 4) is 5.75 Å². The first-order valence-electron chi connectivity index (χ1n) is 9.32. The molecule has 0 heterocycles. The Morgan fingerprint density at radius 1 is 1.00 bits per heavy atom. The Bertz CT molecular complexity index is 879. The molecule has 0 atom stereocenters. The highest BCUT2D eigenvalue weighted by atomic mass is 16.5. The van der Waals surface area contributed by atoms with E-state index in [1.807, 2.05) is 24.3 Å². The van der Waals surface area contributed by atoms with Crippen LogP contribution < -0.4 is 10.1 Å². The minimum atomic E-state index is -0.158. The maximum atomic E-state index is 12.8. The molecule has 2 aromatic carbocycles. The van der Waals surface area contributed by atoms with Gasteiger partial charge >= 0.3 is 0 Å². The number of Topliss-reactive ketones (excluding diaryl/α,β-unsaturated/α-hetero) is 1. The lowest BCUT2D eigenvalue weighted by molar-refractivity contribution is 0.0985. The Morgan fingerprint density at radius 3 is 2.41 bits per heavy atom. The monoisotopic (exact) mass is 363 g/mol. The van der Waals surface area contributed by atoms with Crippen molar-refractivity contribution in [3.05, 3.63) is 70.9 Å². The van der Waals surface area contributed by atoms with E-state index >= 15 is 0 Å². The topological polar surface area (TPSA) is 55.4 Å². The molecule has 2 aromatic rings. The molecule has 140 valence electrons. The molecule has 4 heteroatoms. The quantitative estimate of drug-likeness (QED) is 0.748. The van der Waals surface area contributed by atoms with Gasteiger partial charge in [-0.1, -0.05) is 26.3 Å². The van der Waals surface area contributed by atoms with Crippen LogP contribution in [0.1, 0.15) is 53.0 Å². The predicted molar refractivity (Wildman–Crippen MR) is 108 cm³/mol. The Labute approximate surface area is 160 Å². The van der Waals surface area contributed by atoms with Crippen molar-refractivity contribution in [1.82, 2.24) is 0 Å². The number of rotatable bonds is 7. The van der Waals surface area contributed by atoms with Crippen molar-refractivity contribution in [2.75, 3.05) is 12.4 Å². The van der Waals surface area contributed by atoms with Gasteiger partial charge < -0.3 is 10.1 Å². The first-order valence-corrected chi connectivity index (χ1v) is 9.32. The SMILES string of the molecule is COc1ccc(NC2=CC(=O)c3cc(CCCC(C)C)ccc3C2=O)cc1. The highest BCUT2D eigenvalue weighted by Crippen LogP contribution is 2.25. The number of carbonyl (C=O) groups is 2. The van der Waals surface area contributed by atoms with Crippen LogP contribution in [0.4, 0.5) is 5.69 Å². The number of methoxy groups -OCH3 is 1. The number of fused-ring (bicyclic) bond motifs is 1. The summed E-state index contributed by atoms with van der Waals surface area (Å²) in [5.74, 6) is 1.11. The number of nitrogens with one attached hydrogen (secondary N) is 1. The fraction of sp³-hybridized carbons (Fsp3) is 0.304. The second-order valence-electron chi connectivity index (χ2n) is 7.27. The van der Waals surface area contributed by atoms with Crippen LogP contribution in [0, 0.1) is 5.92 Å². The van der Waals surface area contributed by atoms with Gasteiger partial charge in [-0.2, -0.15) is 0 Å². The van der Waals surface area contributed by atoms with E-state index in [2.05, 4.69) is 19.2 Å². The average molecular weight is 363 g/mol. The van der Waals surface area contributed by atoms with E-state index in [-0.39, 0.29) is 11.6 Å². The highest BCUT2D eigenvalue weighted by Gasteiger charge is 2.26. The van der Waals surface area contributed by atoms with Crippen molar-refractivity contribution < 1.29 is 14.3 Å². The third-order valence-electron chi connectivity index (χ3n) is 4.73. The minimum absolute atomic E-state index is 0.133. The average Bonchev–Trinajstić information content (AvgIpc) is 2.66. The van der Waals surface area contributed by atoms with Crippen LogP contribution >= 0.6 is 0 Å². The molecule has 0 aromatic heterocycles. The van der Waals surface area contributed by atoms with Crippen LogP contribution in [-0.4, -0.2) is 18.7 Å². The van der Waals surface area contributed by atoms with Crippen LogP contribution in [0.5, 0.6) is 5.75 Å². The summed E-state index contributed by atoms with van der Waals surface area (Å²) in [6, 6.07) is 12.8. The third kappa shape index (κ3) is 4.45. The maximum absolute atomic E-state index is 12.8. The van der Waals surface area contributed by atoms with Crippen LogP contribution in [0.25, 0.3) is 0 Å². The normalized spacial score (nSPS) is 13.4. The van der Waals surface area contributed by atoms with Gasteiger partial charge in [0, 0.05) is 22.9 Å². The number of hydrogen-bond acceptors (Lipinski definition) is 4. The summed E-state index contributed by atoms with van der Waals surface area (Å²) >= 11 is 0. The lowest BCUT2D eigenvalue weighted by atomic mass is 9.89. The van der Waals surface area contributed by atoms with Crippen molar-refractivity contribution >= 4 is 17.3 Å². The number of benzene rings is 2. The summed E-state index contributed by atoms with van der Waals surface area (Å²) in [4.78, 5) is 25.4. The predicted octanol–water partition coefficient (Wildman–Crippen LogP) is 5.05. The zero-order chi connectivity index (χ0) is 19.4. The highest BCUT2D eigenvalue weighted by molar-refractivity contribution is 6.25. The molecular weight excluding hydrogens is 338 g/mol. The molecule has 3 rings (SSSR count). The number of ether oxygens (including phenoxy) is 1. The summed E-state index contributed by atoms with van der Waals surface area (Å²) in [7, 11) is 1.60. The van der Waals surface area contributed by atoms with Gasteiger partial charge in [-0.25, -0.2) is 0 Å². The molecule has 1 aliphatic carbocycles. The van der Waals surface area contributed by atoms with E-state index in [0.717, 1.165) is 36.3 Å². The molecule has 0 radical (unpaired) electrons. The molecule has 4 nitrogen and oxygen atoms in total. The van der Waals surface area contributed by atoms with Gasteiger partial charge in [0.15, 0.2) is 5.78 Å². The van der Waals surface area contributed by atoms with Crippen LogP contribution in [0.2, 0.25) is 0 Å². The van der Waals surface area contributed by atoms with E-state index < -0.39 is 0 Å². The van der Waals surface area contributed by atoms with E-state index in [1.54, 1.807) is 25.3 Å². The largest absolute Gasteiger partial charge is 0.497 e.